The van der Waals surface area contributed by atoms with Gasteiger partial charge in [0.2, 0.25) is 0 Å². The molecule has 0 aliphatic rings. The number of hydrogen-bond acceptors (Lipinski definition) is 5. The molecule has 7 heteroatoms. The van der Waals surface area contributed by atoms with Gasteiger partial charge in [0.15, 0.2) is 0 Å². The van der Waals surface area contributed by atoms with E-state index in [1.807, 2.05) is 42.6 Å². The van der Waals surface area contributed by atoms with Crippen molar-refractivity contribution in [3.05, 3.63) is 64.5 Å². The van der Waals surface area contributed by atoms with E-state index in [1.165, 1.54) is 0 Å². The largest absolute Gasteiger partial charge is 0.291 e. The summed E-state index contributed by atoms with van der Waals surface area (Å²) in [6.45, 7) is 1.91. The summed E-state index contributed by atoms with van der Waals surface area (Å²) in [4.78, 5) is 21.4. The summed E-state index contributed by atoms with van der Waals surface area (Å²) in [5.41, 5.74) is 3.64. The maximum Gasteiger partial charge on any atom is 0.291 e. The number of pyridine rings is 1. The molecule has 3 aromatic rings. The zero-order valence-corrected chi connectivity index (χ0v) is 12.6. The number of rotatable bonds is 4. The quantitative estimate of drug-likeness (QED) is 0.594. The molecule has 0 spiro atoms. The molecule has 0 fully saturated rings. The highest BCUT2D eigenvalue weighted by Gasteiger charge is 2.09. The Bertz CT molecular complexity index is 807. The van der Waals surface area contributed by atoms with Crippen LogP contribution in [0.3, 0.4) is 0 Å². The van der Waals surface area contributed by atoms with E-state index in [9.17, 15) is 4.79 Å². The minimum Gasteiger partial charge on any atom is -0.290 e. The van der Waals surface area contributed by atoms with E-state index in [0.29, 0.717) is 5.82 Å². The van der Waals surface area contributed by atoms with Gasteiger partial charge in [-0.15, -0.1) is 11.3 Å². The van der Waals surface area contributed by atoms with Crippen molar-refractivity contribution < 1.29 is 4.79 Å². The van der Waals surface area contributed by atoms with Crippen LogP contribution in [-0.4, -0.2) is 26.7 Å². The van der Waals surface area contributed by atoms with Crippen molar-refractivity contribution in [2.45, 2.75) is 6.92 Å². The molecule has 6 nitrogen and oxygen atoms in total. The van der Waals surface area contributed by atoms with Crippen molar-refractivity contribution in [1.82, 2.24) is 20.0 Å². The van der Waals surface area contributed by atoms with E-state index in [4.69, 9.17) is 0 Å². The van der Waals surface area contributed by atoms with Crippen LogP contribution in [0.2, 0.25) is 0 Å². The summed E-state index contributed by atoms with van der Waals surface area (Å²) in [6, 6.07) is 9.50. The van der Waals surface area contributed by atoms with Gasteiger partial charge in [0.1, 0.15) is 17.8 Å². The fourth-order valence-corrected chi connectivity index (χ4v) is 2.40. The van der Waals surface area contributed by atoms with Crippen LogP contribution >= 0.6 is 11.3 Å². The van der Waals surface area contributed by atoms with E-state index in [0.717, 1.165) is 10.6 Å². The number of imidazole rings is 1. The Morgan fingerprint density at radius 2 is 2.27 bits per heavy atom. The van der Waals surface area contributed by atoms with Gasteiger partial charge < -0.3 is 0 Å². The first kappa shape index (κ1) is 14.2. The Morgan fingerprint density at radius 1 is 1.36 bits per heavy atom. The van der Waals surface area contributed by atoms with Gasteiger partial charge in [0.25, 0.3) is 5.91 Å². The molecule has 0 radical (unpaired) electrons. The summed E-state index contributed by atoms with van der Waals surface area (Å²) in [5, 5.41) is 5.85. The van der Waals surface area contributed by atoms with E-state index in [1.54, 1.807) is 34.6 Å². The Hall–Kier alpha value is -2.80. The third-order valence-electron chi connectivity index (χ3n) is 2.85. The Kier molecular flexibility index (Phi) is 4.06. The number of nitrogens with one attached hydrogen (secondary N) is 1. The van der Waals surface area contributed by atoms with Gasteiger partial charge in [0.05, 0.1) is 6.21 Å². The van der Waals surface area contributed by atoms with Gasteiger partial charge in [-0.2, -0.15) is 5.10 Å². The predicted octanol–water partition coefficient (Wildman–Crippen LogP) is 2.40. The first-order valence-corrected chi connectivity index (χ1v) is 7.45. The lowest BCUT2D eigenvalue weighted by atomic mass is 10.4. The highest BCUT2D eigenvalue weighted by atomic mass is 32.1. The number of hydrogen-bond donors (Lipinski definition) is 1. The van der Waals surface area contributed by atoms with E-state index in [2.05, 4.69) is 20.5 Å². The second kappa shape index (κ2) is 6.31. The summed E-state index contributed by atoms with van der Waals surface area (Å²) < 4.78 is 1.70. The van der Waals surface area contributed by atoms with Crippen molar-refractivity contribution in [2.24, 2.45) is 5.10 Å². The molecular weight excluding hydrogens is 298 g/mol. The molecule has 110 valence electrons. The van der Waals surface area contributed by atoms with Gasteiger partial charge in [-0.1, -0.05) is 12.1 Å². The lowest BCUT2D eigenvalue weighted by molar-refractivity contribution is 0.0950. The van der Waals surface area contributed by atoms with Crippen LogP contribution in [0.15, 0.2) is 53.3 Å². The number of nitrogens with zero attached hydrogens (tertiary/aromatic N) is 4. The van der Waals surface area contributed by atoms with E-state index >= 15 is 0 Å². The average Bonchev–Trinajstić information content (AvgIpc) is 3.19. The fraction of sp³-hybridized carbons (Fsp3) is 0.0667. The van der Waals surface area contributed by atoms with Crippen molar-refractivity contribution in [1.29, 1.82) is 0 Å². The molecule has 1 N–H and O–H groups in total. The molecule has 0 aliphatic carbocycles. The van der Waals surface area contributed by atoms with Crippen LogP contribution in [-0.2, 0) is 0 Å². The average molecular weight is 311 g/mol. The molecule has 0 saturated carbocycles. The number of thiophene rings is 1. The molecular formula is C15H13N5OS. The van der Waals surface area contributed by atoms with Crippen molar-refractivity contribution >= 4 is 23.5 Å². The van der Waals surface area contributed by atoms with E-state index < -0.39 is 0 Å². The van der Waals surface area contributed by atoms with Crippen LogP contribution in [0.4, 0.5) is 0 Å². The minimum absolute atomic E-state index is 0.284. The van der Waals surface area contributed by atoms with Gasteiger partial charge >= 0.3 is 0 Å². The maximum absolute atomic E-state index is 12.0. The number of carbonyl (C=O) groups is 1. The second-order valence-corrected chi connectivity index (χ2v) is 5.50. The lowest BCUT2D eigenvalue weighted by Crippen LogP contribution is -2.17. The monoisotopic (exact) mass is 311 g/mol. The molecule has 0 aromatic carbocycles. The SMILES string of the molecule is Cc1cccc(-n2cnc(C(=O)N/N=C/c3cccs3)c2)n1. The van der Waals surface area contributed by atoms with Crippen molar-refractivity contribution in [3.8, 4) is 5.82 Å². The molecule has 0 atom stereocenters. The van der Waals surface area contributed by atoms with E-state index in [-0.39, 0.29) is 11.6 Å². The summed E-state index contributed by atoms with van der Waals surface area (Å²) in [6.07, 6.45) is 4.78. The van der Waals surface area contributed by atoms with Gasteiger partial charge in [-0.05, 0) is 30.5 Å². The molecule has 1 amide bonds. The van der Waals surface area contributed by atoms with Crippen LogP contribution in [0.25, 0.3) is 5.82 Å². The number of amides is 1. The second-order valence-electron chi connectivity index (χ2n) is 4.52. The zero-order valence-electron chi connectivity index (χ0n) is 11.8. The molecule has 22 heavy (non-hydrogen) atoms. The predicted molar refractivity (Wildman–Crippen MR) is 85.5 cm³/mol. The number of aryl methyl sites for hydroxylation is 1. The summed E-state index contributed by atoms with van der Waals surface area (Å²) in [7, 11) is 0. The molecule has 3 rings (SSSR count). The normalized spacial score (nSPS) is 11.0. The smallest absolute Gasteiger partial charge is 0.290 e. The molecule has 0 unspecified atom stereocenters. The number of carbonyl (C=O) groups excluding carboxylic acids is 1. The van der Waals surface area contributed by atoms with Gasteiger partial charge in [0, 0.05) is 16.8 Å². The molecule has 3 aromatic heterocycles. The van der Waals surface area contributed by atoms with Gasteiger partial charge in [-0.3, -0.25) is 9.36 Å². The Morgan fingerprint density at radius 3 is 3.05 bits per heavy atom. The lowest BCUT2D eigenvalue weighted by Gasteiger charge is -2.00. The van der Waals surface area contributed by atoms with Crippen LogP contribution in [0.5, 0.6) is 0 Å². The minimum atomic E-state index is -0.362. The third kappa shape index (κ3) is 3.26. The highest BCUT2D eigenvalue weighted by molar-refractivity contribution is 7.11. The topological polar surface area (TPSA) is 72.2 Å². The Balaban J connectivity index is 1.69. The summed E-state index contributed by atoms with van der Waals surface area (Å²) >= 11 is 1.54. The van der Waals surface area contributed by atoms with Crippen LogP contribution in [0.1, 0.15) is 21.1 Å². The standard InChI is InChI=1S/C15H13N5OS/c1-11-4-2-6-14(18-11)20-9-13(16-10-20)15(21)19-17-8-12-5-3-7-22-12/h2-10H,1H3,(H,19,21)/b17-8+. The number of aromatic nitrogens is 3. The number of hydrazone groups is 1. The maximum atomic E-state index is 12.0. The molecule has 0 aliphatic heterocycles. The third-order valence-corrected chi connectivity index (χ3v) is 3.66. The Labute approximate surface area is 131 Å². The molecule has 0 bridgehead atoms. The van der Waals surface area contributed by atoms with Crippen molar-refractivity contribution in [3.63, 3.8) is 0 Å². The molecule has 3 heterocycles. The molecule has 0 saturated heterocycles. The van der Waals surface area contributed by atoms with Crippen molar-refractivity contribution in [2.75, 3.05) is 0 Å². The first-order valence-electron chi connectivity index (χ1n) is 6.57. The first-order chi connectivity index (χ1) is 10.7. The van der Waals surface area contributed by atoms with Crippen LogP contribution < -0.4 is 5.43 Å². The fourth-order valence-electron chi connectivity index (χ4n) is 1.81. The van der Waals surface area contributed by atoms with Gasteiger partial charge in [-0.25, -0.2) is 15.4 Å². The summed E-state index contributed by atoms with van der Waals surface area (Å²) in [5.74, 6) is 0.354. The zero-order chi connectivity index (χ0) is 15.4. The van der Waals surface area contributed by atoms with Crippen LogP contribution in [0, 0.1) is 6.92 Å². The highest BCUT2D eigenvalue weighted by Crippen LogP contribution is 2.07.